The number of nitrogens with zero attached hydrogens (tertiary/aromatic N) is 1. The predicted molar refractivity (Wildman–Crippen MR) is 69.7 cm³/mol. The van der Waals surface area contributed by atoms with Crippen LogP contribution in [0.3, 0.4) is 0 Å². The smallest absolute Gasteiger partial charge is 0.00979 e. The minimum absolute atomic E-state index is 0.779. The van der Waals surface area contributed by atoms with Crippen molar-refractivity contribution in [3.8, 4) is 0 Å². The van der Waals surface area contributed by atoms with E-state index in [1.807, 2.05) is 0 Å². The van der Waals surface area contributed by atoms with Crippen molar-refractivity contribution < 1.29 is 0 Å². The maximum Gasteiger partial charge on any atom is 0.00979 e. The van der Waals surface area contributed by atoms with E-state index < -0.39 is 0 Å². The van der Waals surface area contributed by atoms with E-state index >= 15 is 0 Å². The van der Waals surface area contributed by atoms with E-state index in [9.17, 15) is 0 Å². The SMILES string of the molecule is CCC1CCCC(N2CCC(NC)CC2)C1. The van der Waals surface area contributed by atoms with Crippen LogP contribution in [0.2, 0.25) is 0 Å². The van der Waals surface area contributed by atoms with Crippen molar-refractivity contribution in [1.29, 1.82) is 0 Å². The van der Waals surface area contributed by atoms with Gasteiger partial charge in [-0.2, -0.15) is 0 Å². The van der Waals surface area contributed by atoms with E-state index in [0.717, 1.165) is 18.0 Å². The molecule has 1 N–H and O–H groups in total. The summed E-state index contributed by atoms with van der Waals surface area (Å²) in [4.78, 5) is 2.77. The lowest BCUT2D eigenvalue weighted by Crippen LogP contribution is -2.47. The first-order valence-corrected chi connectivity index (χ1v) is 7.24. The lowest BCUT2D eigenvalue weighted by Gasteiger charge is -2.41. The van der Waals surface area contributed by atoms with E-state index in [4.69, 9.17) is 0 Å². The normalized spacial score (nSPS) is 34.1. The molecule has 0 spiro atoms. The lowest BCUT2D eigenvalue weighted by atomic mass is 9.83. The topological polar surface area (TPSA) is 15.3 Å². The van der Waals surface area contributed by atoms with E-state index in [0.29, 0.717) is 0 Å². The van der Waals surface area contributed by atoms with Crippen LogP contribution in [0, 0.1) is 5.92 Å². The maximum absolute atomic E-state index is 3.42. The Labute approximate surface area is 101 Å². The van der Waals surface area contributed by atoms with Crippen molar-refractivity contribution in [2.75, 3.05) is 20.1 Å². The molecule has 16 heavy (non-hydrogen) atoms. The Morgan fingerprint density at radius 2 is 1.88 bits per heavy atom. The van der Waals surface area contributed by atoms with Gasteiger partial charge in [0.05, 0.1) is 0 Å². The van der Waals surface area contributed by atoms with Crippen molar-refractivity contribution in [2.45, 2.75) is 64.0 Å². The summed E-state index contributed by atoms with van der Waals surface area (Å²) in [5.41, 5.74) is 0. The molecule has 0 aromatic carbocycles. The highest BCUT2D eigenvalue weighted by atomic mass is 15.2. The van der Waals surface area contributed by atoms with Crippen LogP contribution in [0.1, 0.15) is 51.9 Å². The van der Waals surface area contributed by atoms with Gasteiger partial charge in [-0.05, 0) is 51.7 Å². The van der Waals surface area contributed by atoms with Crippen LogP contribution < -0.4 is 5.32 Å². The van der Waals surface area contributed by atoms with Crippen LogP contribution in [0.15, 0.2) is 0 Å². The monoisotopic (exact) mass is 224 g/mol. The fourth-order valence-electron chi connectivity index (χ4n) is 3.52. The molecular formula is C14H28N2. The number of piperidine rings is 1. The summed E-state index contributed by atoms with van der Waals surface area (Å²) in [7, 11) is 2.11. The van der Waals surface area contributed by atoms with E-state index in [2.05, 4.69) is 24.2 Å². The predicted octanol–water partition coefficient (Wildman–Crippen LogP) is 2.64. The second-order valence-corrected chi connectivity index (χ2v) is 5.69. The molecule has 0 bridgehead atoms. The Morgan fingerprint density at radius 1 is 1.12 bits per heavy atom. The van der Waals surface area contributed by atoms with Gasteiger partial charge in [-0.3, -0.25) is 0 Å². The molecule has 2 atom stereocenters. The summed E-state index contributed by atoms with van der Waals surface area (Å²) in [6, 6.07) is 1.69. The van der Waals surface area contributed by atoms with Gasteiger partial charge in [0.25, 0.3) is 0 Å². The van der Waals surface area contributed by atoms with Crippen molar-refractivity contribution in [3.63, 3.8) is 0 Å². The minimum Gasteiger partial charge on any atom is -0.317 e. The molecule has 0 amide bonds. The molecule has 2 rings (SSSR count). The first-order valence-electron chi connectivity index (χ1n) is 7.24. The molecule has 94 valence electrons. The maximum atomic E-state index is 3.42. The molecule has 1 aliphatic carbocycles. The van der Waals surface area contributed by atoms with Crippen LogP contribution in [0.25, 0.3) is 0 Å². The Balaban J connectivity index is 1.79. The number of hydrogen-bond donors (Lipinski definition) is 1. The molecule has 0 aromatic rings. The van der Waals surface area contributed by atoms with Crippen LogP contribution in [-0.2, 0) is 0 Å². The Kier molecular flexibility index (Phi) is 4.66. The third kappa shape index (κ3) is 2.98. The molecule has 2 heteroatoms. The zero-order valence-electron chi connectivity index (χ0n) is 11.0. The van der Waals surface area contributed by atoms with Crippen molar-refractivity contribution >= 4 is 0 Å². The summed E-state index contributed by atoms with van der Waals surface area (Å²) in [6.45, 7) is 5.01. The highest BCUT2D eigenvalue weighted by molar-refractivity contribution is 4.84. The molecule has 1 saturated heterocycles. The number of likely N-dealkylation sites (tertiary alicyclic amines) is 1. The van der Waals surface area contributed by atoms with Gasteiger partial charge in [0.1, 0.15) is 0 Å². The second-order valence-electron chi connectivity index (χ2n) is 5.69. The van der Waals surface area contributed by atoms with Crippen LogP contribution >= 0.6 is 0 Å². The van der Waals surface area contributed by atoms with Gasteiger partial charge < -0.3 is 10.2 Å². The third-order valence-electron chi connectivity index (χ3n) is 4.79. The molecule has 2 nitrogen and oxygen atoms in total. The number of nitrogens with one attached hydrogen (secondary N) is 1. The van der Waals surface area contributed by atoms with Gasteiger partial charge in [0, 0.05) is 12.1 Å². The number of rotatable bonds is 3. The van der Waals surface area contributed by atoms with Gasteiger partial charge in [-0.25, -0.2) is 0 Å². The molecule has 1 aliphatic heterocycles. The standard InChI is InChI=1S/C14H28N2/c1-3-12-5-4-6-14(11-12)16-9-7-13(15-2)8-10-16/h12-15H,3-11H2,1-2H3. The summed E-state index contributed by atoms with van der Waals surface area (Å²) in [5, 5.41) is 3.42. The summed E-state index contributed by atoms with van der Waals surface area (Å²) in [5.74, 6) is 1.01. The third-order valence-corrected chi connectivity index (χ3v) is 4.79. The fourth-order valence-corrected chi connectivity index (χ4v) is 3.52. The summed E-state index contributed by atoms with van der Waals surface area (Å²) < 4.78 is 0. The van der Waals surface area contributed by atoms with E-state index in [1.54, 1.807) is 0 Å². The zero-order valence-corrected chi connectivity index (χ0v) is 11.0. The van der Waals surface area contributed by atoms with Crippen molar-refractivity contribution in [2.24, 2.45) is 5.92 Å². The highest BCUT2D eigenvalue weighted by Gasteiger charge is 2.28. The first-order chi connectivity index (χ1) is 7.83. The largest absolute Gasteiger partial charge is 0.317 e. The van der Waals surface area contributed by atoms with Crippen LogP contribution in [-0.4, -0.2) is 37.1 Å². The lowest BCUT2D eigenvalue weighted by molar-refractivity contribution is 0.0974. The Bertz CT molecular complexity index is 197. The van der Waals surface area contributed by atoms with Crippen LogP contribution in [0.4, 0.5) is 0 Å². The Hall–Kier alpha value is -0.0800. The molecular weight excluding hydrogens is 196 g/mol. The van der Waals surface area contributed by atoms with Crippen LogP contribution in [0.5, 0.6) is 0 Å². The summed E-state index contributed by atoms with van der Waals surface area (Å²) in [6.07, 6.45) is 9.98. The molecule has 1 heterocycles. The molecule has 0 radical (unpaired) electrons. The summed E-state index contributed by atoms with van der Waals surface area (Å²) >= 11 is 0. The van der Waals surface area contributed by atoms with Gasteiger partial charge in [-0.1, -0.05) is 26.2 Å². The van der Waals surface area contributed by atoms with Gasteiger partial charge in [-0.15, -0.1) is 0 Å². The van der Waals surface area contributed by atoms with Gasteiger partial charge in [0.2, 0.25) is 0 Å². The quantitative estimate of drug-likeness (QED) is 0.793. The second kappa shape index (κ2) is 6.02. The van der Waals surface area contributed by atoms with Crippen molar-refractivity contribution in [1.82, 2.24) is 10.2 Å². The highest BCUT2D eigenvalue weighted by Crippen LogP contribution is 2.31. The van der Waals surface area contributed by atoms with Gasteiger partial charge in [0.15, 0.2) is 0 Å². The average molecular weight is 224 g/mol. The Morgan fingerprint density at radius 3 is 2.50 bits per heavy atom. The van der Waals surface area contributed by atoms with E-state index in [1.165, 1.54) is 58.0 Å². The van der Waals surface area contributed by atoms with E-state index in [-0.39, 0.29) is 0 Å². The molecule has 2 fully saturated rings. The molecule has 1 saturated carbocycles. The fraction of sp³-hybridized carbons (Fsp3) is 1.00. The van der Waals surface area contributed by atoms with Gasteiger partial charge >= 0.3 is 0 Å². The number of hydrogen-bond acceptors (Lipinski definition) is 2. The zero-order chi connectivity index (χ0) is 11.4. The van der Waals surface area contributed by atoms with Crippen molar-refractivity contribution in [3.05, 3.63) is 0 Å². The molecule has 2 unspecified atom stereocenters. The molecule has 0 aromatic heterocycles. The minimum atomic E-state index is 0.779. The average Bonchev–Trinajstić information content (AvgIpc) is 2.39. The molecule has 2 aliphatic rings. The first kappa shape index (κ1) is 12.4.